The molecule has 0 saturated heterocycles. The van der Waals surface area contributed by atoms with E-state index in [1.807, 2.05) is 6.92 Å². The second-order valence-corrected chi connectivity index (χ2v) is 8.21. The van der Waals surface area contributed by atoms with Crippen molar-refractivity contribution in [3.63, 3.8) is 0 Å². The molecule has 8 heteroatoms. The zero-order valence-electron chi connectivity index (χ0n) is 15.2. The summed E-state index contributed by atoms with van der Waals surface area (Å²) in [6.45, 7) is 8.60. The molecule has 0 aliphatic carbocycles. The smallest absolute Gasteiger partial charge is 0.326 e. The van der Waals surface area contributed by atoms with E-state index in [9.17, 15) is 18.0 Å². The lowest BCUT2D eigenvalue weighted by molar-refractivity contribution is -0.143. The monoisotopic (exact) mass is 370 g/mol. The van der Waals surface area contributed by atoms with Gasteiger partial charge in [-0.2, -0.15) is 0 Å². The molecule has 0 unspecified atom stereocenters. The van der Waals surface area contributed by atoms with Gasteiger partial charge in [-0.1, -0.05) is 31.5 Å². The highest BCUT2D eigenvalue weighted by Crippen LogP contribution is 2.21. The molecule has 0 bridgehead atoms. The highest BCUT2D eigenvalue weighted by atomic mass is 32.2. The first-order valence-electron chi connectivity index (χ1n) is 8.05. The van der Waals surface area contributed by atoms with Gasteiger partial charge in [0, 0.05) is 13.0 Å². The molecule has 1 aromatic carbocycles. The molecule has 0 radical (unpaired) electrons. The summed E-state index contributed by atoms with van der Waals surface area (Å²) in [4.78, 5) is 23.1. The van der Waals surface area contributed by atoms with Gasteiger partial charge in [0.2, 0.25) is 15.9 Å². The number of carboxylic acid groups (broad SMARTS) is 1. The standard InChI is InChI=1S/C17H26N2O5S/c1-10(2)15(17(21)22)19-14(20)6-7-18-25(23,24)16-12(4)8-11(3)9-13(16)5/h8-10,15,18H,6-7H2,1-5H3,(H,19,20)(H,21,22)/t15-/m1/s1. The van der Waals surface area contributed by atoms with Gasteiger partial charge in [-0.15, -0.1) is 0 Å². The predicted octanol–water partition coefficient (Wildman–Crippen LogP) is 1.51. The van der Waals surface area contributed by atoms with Crippen molar-refractivity contribution in [2.24, 2.45) is 5.92 Å². The highest BCUT2D eigenvalue weighted by Gasteiger charge is 2.24. The van der Waals surface area contributed by atoms with Crippen LogP contribution in [0.2, 0.25) is 0 Å². The van der Waals surface area contributed by atoms with Crippen molar-refractivity contribution < 1.29 is 23.1 Å². The number of aliphatic carboxylic acids is 1. The van der Waals surface area contributed by atoms with Gasteiger partial charge in [0.25, 0.3) is 0 Å². The quantitative estimate of drug-likeness (QED) is 0.642. The van der Waals surface area contributed by atoms with Gasteiger partial charge in [0.1, 0.15) is 6.04 Å². The van der Waals surface area contributed by atoms with Gasteiger partial charge in [-0.05, 0) is 37.8 Å². The molecular weight excluding hydrogens is 344 g/mol. The highest BCUT2D eigenvalue weighted by molar-refractivity contribution is 7.89. The second kappa shape index (κ2) is 8.44. The minimum Gasteiger partial charge on any atom is -0.480 e. The van der Waals surface area contributed by atoms with Crippen LogP contribution in [0.4, 0.5) is 0 Å². The van der Waals surface area contributed by atoms with Crippen molar-refractivity contribution in [2.75, 3.05) is 6.54 Å². The normalized spacial score (nSPS) is 12.9. The number of hydrogen-bond donors (Lipinski definition) is 3. The topological polar surface area (TPSA) is 113 Å². The van der Waals surface area contributed by atoms with Gasteiger partial charge < -0.3 is 10.4 Å². The summed E-state index contributed by atoms with van der Waals surface area (Å²) in [5.74, 6) is -1.90. The Hall–Kier alpha value is -1.93. The molecule has 0 spiro atoms. The van der Waals surface area contributed by atoms with Gasteiger partial charge in [0.15, 0.2) is 0 Å². The Balaban J connectivity index is 2.72. The average molecular weight is 370 g/mol. The third-order valence-corrected chi connectivity index (χ3v) is 5.53. The summed E-state index contributed by atoms with van der Waals surface area (Å²) in [6, 6.07) is 2.58. The first-order chi connectivity index (χ1) is 11.5. The molecule has 1 atom stereocenters. The fourth-order valence-electron chi connectivity index (χ4n) is 2.72. The maximum Gasteiger partial charge on any atom is 0.326 e. The molecule has 25 heavy (non-hydrogen) atoms. The number of carboxylic acids is 1. The fraction of sp³-hybridized carbons (Fsp3) is 0.529. The van der Waals surface area contributed by atoms with E-state index in [1.165, 1.54) is 0 Å². The molecule has 0 heterocycles. The summed E-state index contributed by atoms with van der Waals surface area (Å²) in [6.07, 6.45) is -0.139. The van der Waals surface area contributed by atoms with Crippen molar-refractivity contribution in [3.8, 4) is 0 Å². The molecular formula is C17H26N2O5S. The molecule has 1 amide bonds. The number of nitrogens with one attached hydrogen (secondary N) is 2. The zero-order valence-corrected chi connectivity index (χ0v) is 16.0. The van der Waals surface area contributed by atoms with Gasteiger partial charge in [-0.25, -0.2) is 17.9 Å². The van der Waals surface area contributed by atoms with Crippen LogP contribution in [0.25, 0.3) is 0 Å². The summed E-state index contributed by atoms with van der Waals surface area (Å²) in [5, 5.41) is 11.5. The van der Waals surface area contributed by atoms with Gasteiger partial charge in [0.05, 0.1) is 4.90 Å². The Morgan fingerprint density at radius 2 is 1.64 bits per heavy atom. The van der Waals surface area contributed by atoms with Crippen molar-refractivity contribution in [1.82, 2.24) is 10.0 Å². The van der Waals surface area contributed by atoms with Crippen LogP contribution >= 0.6 is 0 Å². The van der Waals surface area contributed by atoms with E-state index in [2.05, 4.69) is 10.0 Å². The first kappa shape index (κ1) is 21.1. The van der Waals surface area contributed by atoms with E-state index in [0.717, 1.165) is 5.56 Å². The molecule has 0 saturated carbocycles. The molecule has 0 fully saturated rings. The summed E-state index contributed by atoms with van der Waals surface area (Å²) in [5.41, 5.74) is 2.25. The Kier molecular flexibility index (Phi) is 7.13. The largest absolute Gasteiger partial charge is 0.480 e. The second-order valence-electron chi connectivity index (χ2n) is 6.50. The third-order valence-electron chi connectivity index (χ3n) is 3.77. The molecule has 0 aliphatic heterocycles. The molecule has 0 aromatic heterocycles. The number of rotatable bonds is 8. The molecule has 3 N–H and O–H groups in total. The Morgan fingerprint density at radius 1 is 1.12 bits per heavy atom. The summed E-state index contributed by atoms with van der Waals surface area (Å²) >= 11 is 0. The lowest BCUT2D eigenvalue weighted by Gasteiger charge is -2.18. The number of benzene rings is 1. The minimum atomic E-state index is -3.74. The van der Waals surface area contributed by atoms with Gasteiger partial charge >= 0.3 is 5.97 Å². The summed E-state index contributed by atoms with van der Waals surface area (Å²) < 4.78 is 27.3. The van der Waals surface area contributed by atoms with Crippen molar-refractivity contribution in [3.05, 3.63) is 28.8 Å². The Labute approximate surface area is 148 Å². The number of aryl methyl sites for hydroxylation is 3. The maximum atomic E-state index is 12.5. The SMILES string of the molecule is Cc1cc(C)c(S(=O)(=O)NCCC(=O)N[C@@H](C(=O)O)C(C)C)c(C)c1. The Bertz CT molecular complexity index is 733. The lowest BCUT2D eigenvalue weighted by Crippen LogP contribution is -2.45. The van der Waals surface area contributed by atoms with Crippen molar-refractivity contribution >= 4 is 21.9 Å². The van der Waals surface area contributed by atoms with Crippen LogP contribution in [0.1, 0.15) is 37.0 Å². The lowest BCUT2D eigenvalue weighted by atomic mass is 10.0. The van der Waals surface area contributed by atoms with E-state index < -0.39 is 27.9 Å². The van der Waals surface area contributed by atoms with Crippen molar-refractivity contribution in [1.29, 1.82) is 0 Å². The third kappa shape index (κ3) is 5.82. The van der Waals surface area contributed by atoms with Crippen LogP contribution in [0.15, 0.2) is 17.0 Å². The predicted molar refractivity (Wildman–Crippen MR) is 94.9 cm³/mol. The number of carbonyl (C=O) groups excluding carboxylic acids is 1. The Morgan fingerprint density at radius 3 is 2.08 bits per heavy atom. The van der Waals surface area contributed by atoms with E-state index in [1.54, 1.807) is 39.8 Å². The van der Waals surface area contributed by atoms with Crippen LogP contribution in [-0.2, 0) is 19.6 Å². The maximum absolute atomic E-state index is 12.5. The first-order valence-corrected chi connectivity index (χ1v) is 9.53. The van der Waals surface area contributed by atoms with Crippen LogP contribution in [0, 0.1) is 26.7 Å². The van der Waals surface area contributed by atoms with Gasteiger partial charge in [-0.3, -0.25) is 4.79 Å². The number of amides is 1. The molecule has 7 nitrogen and oxygen atoms in total. The molecule has 0 aliphatic rings. The summed E-state index contributed by atoms with van der Waals surface area (Å²) in [7, 11) is -3.74. The van der Waals surface area contributed by atoms with E-state index >= 15 is 0 Å². The van der Waals surface area contributed by atoms with E-state index in [-0.39, 0.29) is 23.8 Å². The van der Waals surface area contributed by atoms with Crippen LogP contribution in [0.3, 0.4) is 0 Å². The zero-order chi connectivity index (χ0) is 19.4. The number of sulfonamides is 1. The molecule has 140 valence electrons. The minimum absolute atomic E-state index is 0.106. The molecule has 1 aromatic rings. The molecule has 1 rings (SSSR count). The number of carbonyl (C=O) groups is 2. The van der Waals surface area contributed by atoms with E-state index in [4.69, 9.17) is 5.11 Å². The fourth-order valence-corrected chi connectivity index (χ4v) is 4.20. The van der Waals surface area contributed by atoms with Crippen molar-refractivity contribution in [2.45, 2.75) is 52.0 Å². The average Bonchev–Trinajstić information content (AvgIpc) is 2.42. The number of hydrogen-bond acceptors (Lipinski definition) is 4. The van der Waals surface area contributed by atoms with Crippen LogP contribution < -0.4 is 10.0 Å². The van der Waals surface area contributed by atoms with Crippen LogP contribution in [0.5, 0.6) is 0 Å². The van der Waals surface area contributed by atoms with E-state index in [0.29, 0.717) is 11.1 Å². The van der Waals surface area contributed by atoms with Crippen LogP contribution in [-0.4, -0.2) is 38.0 Å².